The molecule has 6 rings (SSSR count). The van der Waals surface area contributed by atoms with Crippen molar-refractivity contribution >= 4 is 34.2 Å². The summed E-state index contributed by atoms with van der Waals surface area (Å²) in [6, 6.07) is 19.1. The van der Waals surface area contributed by atoms with E-state index in [1.54, 1.807) is 37.7 Å². The average molecular weight is 596 g/mol. The topological polar surface area (TPSA) is 74.8 Å². The van der Waals surface area contributed by atoms with E-state index >= 15 is 0 Å². The molecule has 9 heteroatoms. The Bertz CT molecular complexity index is 2120. The van der Waals surface area contributed by atoms with Crippen LogP contribution in [0.15, 0.2) is 87.8 Å². The zero-order valence-corrected chi connectivity index (χ0v) is 25.3. The molecule has 43 heavy (non-hydrogen) atoms. The molecule has 0 N–H and O–H groups in total. The van der Waals surface area contributed by atoms with Gasteiger partial charge in [-0.2, -0.15) is 0 Å². The molecule has 3 aromatic carbocycles. The second-order valence-electron chi connectivity index (χ2n) is 10.3. The third kappa shape index (κ3) is 4.79. The van der Waals surface area contributed by atoms with Crippen LogP contribution >= 0.6 is 11.3 Å². The van der Waals surface area contributed by atoms with E-state index in [2.05, 4.69) is 0 Å². The normalized spacial score (nSPS) is 15.0. The molecule has 218 valence electrons. The van der Waals surface area contributed by atoms with E-state index < -0.39 is 12.0 Å². The first-order chi connectivity index (χ1) is 20.7. The Labute approximate surface area is 251 Å². The molecule has 2 aromatic heterocycles. The lowest BCUT2D eigenvalue weighted by Crippen LogP contribution is -2.40. The maximum absolute atomic E-state index is 14.2. The molecule has 1 aliphatic heterocycles. The van der Waals surface area contributed by atoms with Gasteiger partial charge in [0.1, 0.15) is 11.6 Å². The second kappa shape index (κ2) is 11.1. The molecule has 0 aliphatic carbocycles. The van der Waals surface area contributed by atoms with Crippen LogP contribution in [0.4, 0.5) is 4.39 Å². The van der Waals surface area contributed by atoms with Gasteiger partial charge in [0.2, 0.25) is 0 Å². The molecule has 7 nitrogen and oxygen atoms in total. The SMILES string of the molecule is CCOC(=O)C1=C(C)N=c2s/c(=C\c3cc(C)n(-c4ccc(F)cc4)c3C)c(=O)n2C1c1ccc(OC)c2ccccc12. The van der Waals surface area contributed by atoms with Gasteiger partial charge in [-0.15, -0.1) is 0 Å². The quantitative estimate of drug-likeness (QED) is 0.243. The highest BCUT2D eigenvalue weighted by molar-refractivity contribution is 7.07. The van der Waals surface area contributed by atoms with Crippen molar-refractivity contribution in [3.63, 3.8) is 0 Å². The van der Waals surface area contributed by atoms with Crippen LogP contribution in [0.2, 0.25) is 0 Å². The molecule has 0 saturated carbocycles. The number of aromatic nitrogens is 2. The number of carbonyl (C=O) groups is 1. The van der Waals surface area contributed by atoms with Gasteiger partial charge in [0, 0.05) is 22.5 Å². The van der Waals surface area contributed by atoms with E-state index in [0.29, 0.717) is 26.4 Å². The summed E-state index contributed by atoms with van der Waals surface area (Å²) in [6.07, 6.45) is 1.86. The Morgan fingerprint density at radius 2 is 1.77 bits per heavy atom. The number of methoxy groups -OCH3 is 1. The molecule has 0 saturated heterocycles. The summed E-state index contributed by atoms with van der Waals surface area (Å²) in [5, 5.41) is 1.73. The van der Waals surface area contributed by atoms with Crippen molar-refractivity contribution in [2.24, 2.45) is 4.99 Å². The minimum absolute atomic E-state index is 0.194. The summed E-state index contributed by atoms with van der Waals surface area (Å²) in [5.41, 5.74) is 4.90. The van der Waals surface area contributed by atoms with Gasteiger partial charge in [-0.05, 0) is 86.7 Å². The smallest absolute Gasteiger partial charge is 0.338 e. The Morgan fingerprint density at radius 3 is 2.47 bits per heavy atom. The highest BCUT2D eigenvalue weighted by Crippen LogP contribution is 2.38. The minimum atomic E-state index is -0.750. The Balaban J connectivity index is 1.58. The third-order valence-electron chi connectivity index (χ3n) is 7.79. The van der Waals surface area contributed by atoms with Crippen LogP contribution in [-0.2, 0) is 9.53 Å². The summed E-state index contributed by atoms with van der Waals surface area (Å²) in [6.45, 7) is 7.66. The van der Waals surface area contributed by atoms with Crippen LogP contribution in [0.3, 0.4) is 0 Å². The molecule has 0 spiro atoms. The molecular weight excluding hydrogens is 565 g/mol. The predicted molar refractivity (Wildman–Crippen MR) is 166 cm³/mol. The van der Waals surface area contributed by atoms with Crippen LogP contribution < -0.4 is 19.6 Å². The maximum Gasteiger partial charge on any atom is 0.338 e. The molecule has 0 fully saturated rings. The van der Waals surface area contributed by atoms with Crippen LogP contribution in [0.1, 0.15) is 42.4 Å². The Morgan fingerprint density at radius 1 is 1.05 bits per heavy atom. The summed E-state index contributed by atoms with van der Waals surface area (Å²) >= 11 is 1.28. The predicted octanol–water partition coefficient (Wildman–Crippen LogP) is 5.51. The fourth-order valence-corrected chi connectivity index (χ4v) is 6.90. The lowest BCUT2D eigenvalue weighted by atomic mass is 9.91. The van der Waals surface area contributed by atoms with E-state index in [-0.39, 0.29) is 18.0 Å². The first kappa shape index (κ1) is 28.4. The van der Waals surface area contributed by atoms with Crippen molar-refractivity contribution in [1.29, 1.82) is 0 Å². The summed E-state index contributed by atoms with van der Waals surface area (Å²) in [4.78, 5) is 32.9. The molecule has 0 bridgehead atoms. The van der Waals surface area contributed by atoms with E-state index in [4.69, 9.17) is 14.5 Å². The molecule has 0 amide bonds. The number of halogens is 1. The zero-order chi connectivity index (χ0) is 30.4. The molecule has 1 unspecified atom stereocenters. The number of hydrogen-bond donors (Lipinski definition) is 0. The highest BCUT2D eigenvalue weighted by Gasteiger charge is 2.34. The van der Waals surface area contributed by atoms with Crippen molar-refractivity contribution in [3.05, 3.63) is 126 Å². The van der Waals surface area contributed by atoms with Crippen molar-refractivity contribution in [3.8, 4) is 11.4 Å². The summed E-state index contributed by atoms with van der Waals surface area (Å²) in [5.74, 6) is -0.114. The number of hydrogen-bond acceptors (Lipinski definition) is 6. The van der Waals surface area contributed by atoms with E-state index in [0.717, 1.165) is 39.0 Å². The monoisotopic (exact) mass is 595 g/mol. The number of allylic oxidation sites excluding steroid dienone is 1. The zero-order valence-electron chi connectivity index (χ0n) is 24.5. The van der Waals surface area contributed by atoms with Gasteiger partial charge >= 0.3 is 5.97 Å². The van der Waals surface area contributed by atoms with Gasteiger partial charge in [0.25, 0.3) is 5.56 Å². The largest absolute Gasteiger partial charge is 0.496 e. The standard InChI is InChI=1S/C34H30FN3O4S/c1-6-42-33(40)30-20(3)36-34-38(31(30)27-15-16-28(41-5)26-10-8-7-9-25(26)27)32(39)29(43-34)18-22-17-19(2)37(21(22)4)24-13-11-23(35)12-14-24/h7-18,31H,6H2,1-5H3/b29-18-. The Kier molecular flexibility index (Phi) is 7.35. The van der Waals surface area contributed by atoms with Crippen molar-refractivity contribution in [2.45, 2.75) is 33.7 Å². The number of esters is 1. The van der Waals surface area contributed by atoms with Crippen LogP contribution in [-0.4, -0.2) is 28.8 Å². The third-order valence-corrected chi connectivity index (χ3v) is 8.77. The van der Waals surface area contributed by atoms with Crippen molar-refractivity contribution in [2.75, 3.05) is 13.7 Å². The number of fused-ring (bicyclic) bond motifs is 2. The van der Waals surface area contributed by atoms with Crippen molar-refractivity contribution < 1.29 is 18.7 Å². The lowest BCUT2D eigenvalue weighted by Gasteiger charge is -2.26. The van der Waals surface area contributed by atoms with Crippen molar-refractivity contribution in [1.82, 2.24) is 9.13 Å². The number of aryl methyl sites for hydroxylation is 1. The van der Waals surface area contributed by atoms with E-state index in [9.17, 15) is 14.0 Å². The summed E-state index contributed by atoms with van der Waals surface area (Å²) < 4.78 is 28.8. The van der Waals surface area contributed by atoms with Gasteiger partial charge in [-0.1, -0.05) is 41.7 Å². The van der Waals surface area contributed by atoms with Crippen LogP contribution in [0.25, 0.3) is 22.5 Å². The second-order valence-corrected chi connectivity index (χ2v) is 11.4. The molecule has 3 heterocycles. The van der Waals surface area contributed by atoms with Gasteiger partial charge in [-0.25, -0.2) is 14.2 Å². The number of ether oxygens (including phenoxy) is 2. The van der Waals surface area contributed by atoms with Gasteiger partial charge in [0.15, 0.2) is 4.80 Å². The number of nitrogens with zero attached hydrogens (tertiary/aromatic N) is 3. The van der Waals surface area contributed by atoms with Crippen LogP contribution in [0, 0.1) is 19.7 Å². The Hall–Kier alpha value is -4.76. The van der Waals surface area contributed by atoms with Gasteiger partial charge in [0.05, 0.1) is 35.6 Å². The first-order valence-electron chi connectivity index (χ1n) is 13.9. The van der Waals surface area contributed by atoms with Crippen LogP contribution in [0.5, 0.6) is 5.75 Å². The number of carbonyl (C=O) groups excluding carboxylic acids is 1. The van der Waals surface area contributed by atoms with E-state index in [1.807, 2.05) is 67.0 Å². The fraction of sp³-hybridized carbons (Fsp3) is 0.206. The molecule has 1 atom stereocenters. The average Bonchev–Trinajstić information content (AvgIpc) is 3.45. The maximum atomic E-state index is 14.2. The lowest BCUT2D eigenvalue weighted by molar-refractivity contribution is -0.139. The molecule has 0 radical (unpaired) electrons. The first-order valence-corrected chi connectivity index (χ1v) is 14.7. The summed E-state index contributed by atoms with van der Waals surface area (Å²) in [7, 11) is 1.62. The fourth-order valence-electron chi connectivity index (χ4n) is 5.86. The number of benzene rings is 3. The van der Waals surface area contributed by atoms with Gasteiger partial charge < -0.3 is 14.0 Å². The van der Waals surface area contributed by atoms with Gasteiger partial charge in [-0.3, -0.25) is 9.36 Å². The molecule has 1 aliphatic rings. The molecular formula is C34H30FN3O4S. The molecule has 5 aromatic rings. The number of rotatable bonds is 6. The number of thiazole rings is 1. The minimum Gasteiger partial charge on any atom is -0.496 e. The van der Waals surface area contributed by atoms with E-state index in [1.165, 1.54) is 23.5 Å². The highest BCUT2D eigenvalue weighted by atomic mass is 32.1.